The summed E-state index contributed by atoms with van der Waals surface area (Å²) in [4.78, 5) is 2.28. The lowest BCUT2D eigenvalue weighted by molar-refractivity contribution is 0.207. The maximum Gasteiger partial charge on any atom is 0.191 e. The van der Waals surface area contributed by atoms with Crippen LogP contribution in [-0.4, -0.2) is 38.8 Å². The second kappa shape index (κ2) is 8.49. The molecule has 2 N–H and O–H groups in total. The Hall–Kier alpha value is -3.47. The van der Waals surface area contributed by atoms with Gasteiger partial charge < -0.3 is 15.2 Å². The van der Waals surface area contributed by atoms with E-state index in [1.54, 1.807) is 26.4 Å². The van der Waals surface area contributed by atoms with Gasteiger partial charge in [0.05, 0.1) is 37.6 Å². The highest BCUT2D eigenvalue weighted by Gasteiger charge is 2.54. The van der Waals surface area contributed by atoms with Crippen LogP contribution in [0.25, 0.3) is 0 Å². The van der Waals surface area contributed by atoms with Gasteiger partial charge in [-0.3, -0.25) is 4.90 Å². The van der Waals surface area contributed by atoms with Crippen molar-refractivity contribution in [2.75, 3.05) is 33.9 Å². The highest BCUT2D eigenvalue weighted by atomic mass is 16.5. The van der Waals surface area contributed by atoms with Crippen molar-refractivity contribution in [2.24, 2.45) is 17.1 Å². The minimum Gasteiger partial charge on any atom is -0.493 e. The highest BCUT2D eigenvalue weighted by Crippen LogP contribution is 2.54. The molecule has 0 unspecified atom stereocenters. The summed E-state index contributed by atoms with van der Waals surface area (Å²) in [6, 6.07) is 11.9. The first-order chi connectivity index (χ1) is 14.5. The minimum atomic E-state index is -1.65. The zero-order valence-corrected chi connectivity index (χ0v) is 17.5. The Labute approximate surface area is 177 Å². The highest BCUT2D eigenvalue weighted by molar-refractivity contribution is 5.60. The Morgan fingerprint density at radius 1 is 1.17 bits per heavy atom. The summed E-state index contributed by atoms with van der Waals surface area (Å²) >= 11 is 0. The first-order valence-corrected chi connectivity index (χ1v) is 9.88. The van der Waals surface area contributed by atoms with E-state index in [9.17, 15) is 15.8 Å². The monoisotopic (exact) mass is 403 g/mol. The number of hydrogen-bond acceptors (Lipinski definition) is 7. The largest absolute Gasteiger partial charge is 0.493 e. The predicted molar refractivity (Wildman–Crippen MR) is 111 cm³/mol. The second-order valence-electron chi connectivity index (χ2n) is 7.55. The molecule has 0 amide bonds. The molecule has 0 radical (unpaired) electrons. The molecular weight excluding hydrogens is 378 g/mol. The van der Waals surface area contributed by atoms with Crippen LogP contribution in [0.3, 0.4) is 0 Å². The van der Waals surface area contributed by atoms with E-state index in [0.29, 0.717) is 24.6 Å². The van der Waals surface area contributed by atoms with Crippen molar-refractivity contribution in [1.82, 2.24) is 4.90 Å². The van der Waals surface area contributed by atoms with Gasteiger partial charge in [-0.25, -0.2) is 0 Å². The van der Waals surface area contributed by atoms with E-state index in [-0.39, 0.29) is 17.2 Å². The van der Waals surface area contributed by atoms with E-state index in [1.807, 2.05) is 12.1 Å². The van der Waals surface area contributed by atoms with Crippen LogP contribution in [0.1, 0.15) is 24.8 Å². The van der Waals surface area contributed by atoms with Crippen molar-refractivity contribution >= 4 is 0 Å². The number of ether oxygens (including phenoxy) is 2. The Bertz CT molecular complexity index is 1010. The molecule has 1 aromatic carbocycles. The number of methoxy groups -OCH3 is 2. The molecule has 1 aliphatic carbocycles. The molecule has 0 saturated heterocycles. The van der Waals surface area contributed by atoms with Crippen LogP contribution >= 0.6 is 0 Å². The van der Waals surface area contributed by atoms with E-state index >= 15 is 0 Å². The van der Waals surface area contributed by atoms with Crippen molar-refractivity contribution in [2.45, 2.75) is 19.3 Å². The summed E-state index contributed by atoms with van der Waals surface area (Å²) in [7, 11) is 3.10. The van der Waals surface area contributed by atoms with Crippen molar-refractivity contribution in [3.05, 3.63) is 46.7 Å². The van der Waals surface area contributed by atoms with Gasteiger partial charge in [-0.2, -0.15) is 15.8 Å². The molecule has 0 aromatic heterocycles. The Balaban J connectivity index is 2.27. The Morgan fingerprint density at radius 3 is 2.43 bits per heavy atom. The van der Waals surface area contributed by atoms with Gasteiger partial charge in [0.1, 0.15) is 6.07 Å². The first kappa shape index (κ1) is 21.2. The molecule has 1 aliphatic heterocycles. The first-order valence-electron chi connectivity index (χ1n) is 9.88. The fourth-order valence-corrected chi connectivity index (χ4v) is 4.66. The molecule has 2 aliphatic rings. The number of rotatable bonds is 5. The molecule has 0 spiro atoms. The number of nitrogens with two attached hydrogens (primary N) is 1. The molecule has 0 fully saturated rings. The van der Waals surface area contributed by atoms with Crippen molar-refractivity contribution in [3.63, 3.8) is 0 Å². The molecule has 1 heterocycles. The fraction of sp³-hybridized carbons (Fsp3) is 0.435. The molecule has 0 bridgehead atoms. The zero-order valence-electron chi connectivity index (χ0n) is 17.5. The van der Waals surface area contributed by atoms with Crippen molar-refractivity contribution in [1.29, 1.82) is 15.8 Å². The lowest BCUT2D eigenvalue weighted by atomic mass is 9.58. The third-order valence-corrected chi connectivity index (χ3v) is 6.05. The Morgan fingerprint density at radius 2 is 1.87 bits per heavy atom. The maximum absolute atomic E-state index is 10.2. The lowest BCUT2D eigenvalue weighted by Crippen LogP contribution is -2.48. The van der Waals surface area contributed by atoms with E-state index in [4.69, 9.17) is 15.2 Å². The summed E-state index contributed by atoms with van der Waals surface area (Å²) in [5.74, 6) is 0.310. The summed E-state index contributed by atoms with van der Waals surface area (Å²) in [5, 5.41) is 30.1. The minimum absolute atomic E-state index is 0.0289. The molecule has 30 heavy (non-hydrogen) atoms. The van der Waals surface area contributed by atoms with Gasteiger partial charge in [-0.15, -0.1) is 0 Å². The SMILES string of the molecule is CCCN1CC=C2C(C#N)=C(N)C(C#N)(C#N)[C@H](c3ccc(OC)c(OC)c3)[C@@H]2C1. The molecule has 2 atom stereocenters. The number of benzene rings is 1. The van der Waals surface area contributed by atoms with Crippen LogP contribution in [0.4, 0.5) is 0 Å². The van der Waals surface area contributed by atoms with Gasteiger partial charge >= 0.3 is 0 Å². The van der Waals surface area contributed by atoms with E-state index < -0.39 is 11.3 Å². The average molecular weight is 403 g/mol. The maximum atomic E-state index is 10.2. The molecular formula is C23H25N5O2. The number of nitriles is 3. The zero-order chi connectivity index (χ0) is 21.9. The van der Waals surface area contributed by atoms with Crippen LogP contribution in [0.15, 0.2) is 41.1 Å². The molecule has 0 saturated carbocycles. The summed E-state index contributed by atoms with van der Waals surface area (Å²) in [6.45, 7) is 4.36. The van der Waals surface area contributed by atoms with Gasteiger partial charge in [-0.1, -0.05) is 19.1 Å². The second-order valence-corrected chi connectivity index (χ2v) is 7.55. The smallest absolute Gasteiger partial charge is 0.191 e. The van der Waals surface area contributed by atoms with Crippen LogP contribution in [-0.2, 0) is 0 Å². The van der Waals surface area contributed by atoms with E-state index in [0.717, 1.165) is 24.1 Å². The fourth-order valence-electron chi connectivity index (χ4n) is 4.66. The quantitative estimate of drug-likeness (QED) is 0.803. The Kier molecular flexibility index (Phi) is 6.01. The summed E-state index contributed by atoms with van der Waals surface area (Å²) in [6.07, 6.45) is 3.00. The van der Waals surface area contributed by atoms with E-state index in [1.165, 1.54) is 0 Å². The lowest BCUT2D eigenvalue weighted by Gasteiger charge is -2.45. The van der Waals surface area contributed by atoms with E-state index in [2.05, 4.69) is 30.0 Å². The van der Waals surface area contributed by atoms with Crippen LogP contribution in [0.5, 0.6) is 11.5 Å². The molecule has 7 nitrogen and oxygen atoms in total. The standard InChI is InChI=1S/C23H25N5O2/c1-4-8-28-9-7-16-17(11-24)22(27)23(13-25,14-26)21(18(16)12-28)15-5-6-19(29-2)20(10-15)30-3/h5-7,10,18,21H,4,8-9,12,27H2,1-3H3/t18-,21-/m1/s1. The van der Waals surface area contributed by atoms with Crippen LogP contribution in [0, 0.1) is 45.3 Å². The van der Waals surface area contributed by atoms with Gasteiger partial charge in [0, 0.05) is 24.9 Å². The third-order valence-electron chi connectivity index (χ3n) is 6.05. The van der Waals surface area contributed by atoms with Gasteiger partial charge in [-0.05, 0) is 36.2 Å². The van der Waals surface area contributed by atoms with Crippen molar-refractivity contribution < 1.29 is 9.47 Å². The van der Waals surface area contributed by atoms with Gasteiger partial charge in [0.25, 0.3) is 0 Å². The molecule has 3 rings (SSSR count). The average Bonchev–Trinajstić information content (AvgIpc) is 2.78. The molecule has 7 heteroatoms. The van der Waals surface area contributed by atoms with Gasteiger partial charge in [0.2, 0.25) is 0 Å². The predicted octanol–water partition coefficient (Wildman–Crippen LogP) is 2.84. The number of nitrogens with zero attached hydrogens (tertiary/aromatic N) is 4. The van der Waals surface area contributed by atoms with Crippen LogP contribution < -0.4 is 15.2 Å². The number of allylic oxidation sites excluding steroid dienone is 2. The summed E-state index contributed by atoms with van der Waals surface area (Å²) in [5.41, 5.74) is 6.56. The number of hydrogen-bond donors (Lipinski definition) is 1. The topological polar surface area (TPSA) is 119 Å². The van der Waals surface area contributed by atoms with Gasteiger partial charge in [0.15, 0.2) is 16.9 Å². The summed E-state index contributed by atoms with van der Waals surface area (Å²) < 4.78 is 10.8. The number of fused-ring (bicyclic) bond motifs is 1. The van der Waals surface area contributed by atoms with Crippen LogP contribution in [0.2, 0.25) is 0 Å². The molecule has 154 valence electrons. The molecule has 1 aromatic rings. The third kappa shape index (κ3) is 3.16. The van der Waals surface area contributed by atoms with Crippen molar-refractivity contribution in [3.8, 4) is 29.7 Å². The normalized spacial score (nSPS) is 22.7.